The highest BCUT2D eigenvalue weighted by Gasteiger charge is 2.47. The van der Waals surface area contributed by atoms with Crippen molar-refractivity contribution in [2.45, 2.75) is 87.9 Å². The first-order chi connectivity index (χ1) is 9.14. The summed E-state index contributed by atoms with van der Waals surface area (Å²) in [4.78, 5) is 0. The third-order valence-electron chi connectivity index (χ3n) is 5.76. The molecule has 0 aromatic rings. The Balaban J connectivity index is 1.67. The van der Waals surface area contributed by atoms with Gasteiger partial charge in [-0.15, -0.1) is 0 Å². The molecule has 3 fully saturated rings. The number of rotatable bonds is 2. The summed E-state index contributed by atoms with van der Waals surface area (Å²) >= 11 is 0. The number of aliphatic hydroxyl groups is 2. The largest absolute Gasteiger partial charge is 0.390 e. The zero-order chi connectivity index (χ0) is 13.3. The van der Waals surface area contributed by atoms with Gasteiger partial charge in [0.2, 0.25) is 0 Å². The topological polar surface area (TPSA) is 49.7 Å². The van der Waals surface area contributed by atoms with Crippen LogP contribution in [0.4, 0.5) is 0 Å². The molecule has 2 aliphatic carbocycles. The van der Waals surface area contributed by atoms with E-state index in [0.717, 1.165) is 58.0 Å². The smallest absolute Gasteiger partial charge is 0.0908 e. The molecular weight excluding hydrogens is 240 g/mol. The number of aliphatic hydroxyl groups excluding tert-OH is 1. The van der Waals surface area contributed by atoms with E-state index in [1.165, 1.54) is 19.3 Å². The average Bonchev–Trinajstić information content (AvgIpc) is 2.87. The van der Waals surface area contributed by atoms with E-state index >= 15 is 0 Å². The summed E-state index contributed by atoms with van der Waals surface area (Å²) in [6, 6.07) is 0. The SMILES string of the molecule is OC(C1CCOC2(CCCCC2)C1)C1(O)CCCC1. The molecule has 3 heteroatoms. The monoisotopic (exact) mass is 268 g/mol. The fraction of sp³-hybridized carbons (Fsp3) is 1.00. The quantitative estimate of drug-likeness (QED) is 0.809. The predicted molar refractivity (Wildman–Crippen MR) is 73.9 cm³/mol. The van der Waals surface area contributed by atoms with Gasteiger partial charge >= 0.3 is 0 Å². The number of hydrogen-bond acceptors (Lipinski definition) is 3. The molecule has 0 aromatic carbocycles. The lowest BCUT2D eigenvalue weighted by molar-refractivity contribution is -0.165. The first-order valence-electron chi connectivity index (χ1n) is 8.18. The molecule has 1 aliphatic heterocycles. The summed E-state index contributed by atoms with van der Waals surface area (Å²) in [5.74, 6) is 0.231. The van der Waals surface area contributed by atoms with Crippen LogP contribution >= 0.6 is 0 Å². The van der Waals surface area contributed by atoms with Gasteiger partial charge < -0.3 is 14.9 Å². The summed E-state index contributed by atoms with van der Waals surface area (Å²) in [5.41, 5.74) is -0.783. The summed E-state index contributed by atoms with van der Waals surface area (Å²) in [6.07, 6.45) is 11.1. The maximum atomic E-state index is 10.6. The van der Waals surface area contributed by atoms with Crippen LogP contribution in [0.3, 0.4) is 0 Å². The molecule has 0 bridgehead atoms. The van der Waals surface area contributed by atoms with Gasteiger partial charge in [-0.25, -0.2) is 0 Å². The van der Waals surface area contributed by atoms with Crippen molar-refractivity contribution in [1.29, 1.82) is 0 Å². The van der Waals surface area contributed by atoms with Crippen molar-refractivity contribution in [2.75, 3.05) is 6.61 Å². The Morgan fingerprint density at radius 1 is 0.947 bits per heavy atom. The Labute approximate surface area is 116 Å². The molecule has 110 valence electrons. The van der Waals surface area contributed by atoms with Crippen LogP contribution in [0.15, 0.2) is 0 Å². The van der Waals surface area contributed by atoms with Crippen LogP contribution in [0.2, 0.25) is 0 Å². The molecule has 1 spiro atoms. The predicted octanol–water partition coefficient (Wildman–Crippen LogP) is 2.78. The Bertz CT molecular complexity index is 298. The van der Waals surface area contributed by atoms with Gasteiger partial charge in [0.25, 0.3) is 0 Å². The van der Waals surface area contributed by atoms with Crippen LogP contribution in [-0.4, -0.2) is 34.1 Å². The van der Waals surface area contributed by atoms with E-state index in [0.29, 0.717) is 0 Å². The minimum Gasteiger partial charge on any atom is -0.390 e. The van der Waals surface area contributed by atoms with Gasteiger partial charge in [0, 0.05) is 6.61 Å². The lowest BCUT2D eigenvalue weighted by Gasteiger charge is -2.46. The Morgan fingerprint density at radius 3 is 2.26 bits per heavy atom. The summed E-state index contributed by atoms with van der Waals surface area (Å²) in [6.45, 7) is 0.762. The van der Waals surface area contributed by atoms with Crippen LogP contribution < -0.4 is 0 Å². The highest BCUT2D eigenvalue weighted by Crippen LogP contribution is 2.45. The van der Waals surface area contributed by atoms with Gasteiger partial charge in [0.05, 0.1) is 17.3 Å². The third-order valence-corrected chi connectivity index (χ3v) is 5.76. The van der Waals surface area contributed by atoms with Crippen LogP contribution in [0.25, 0.3) is 0 Å². The normalized spacial score (nSPS) is 35.4. The van der Waals surface area contributed by atoms with Gasteiger partial charge in [-0.05, 0) is 44.4 Å². The van der Waals surface area contributed by atoms with Crippen molar-refractivity contribution in [2.24, 2.45) is 5.92 Å². The van der Waals surface area contributed by atoms with E-state index in [9.17, 15) is 10.2 Å². The van der Waals surface area contributed by atoms with Crippen LogP contribution in [0.1, 0.15) is 70.6 Å². The summed E-state index contributed by atoms with van der Waals surface area (Å²) in [7, 11) is 0. The molecule has 2 atom stereocenters. The Kier molecular flexibility index (Phi) is 3.89. The van der Waals surface area contributed by atoms with Crippen LogP contribution in [0, 0.1) is 5.92 Å². The lowest BCUT2D eigenvalue weighted by atomic mass is 9.72. The van der Waals surface area contributed by atoms with E-state index in [1.54, 1.807) is 0 Å². The second-order valence-corrected chi connectivity index (χ2v) is 7.10. The van der Waals surface area contributed by atoms with Gasteiger partial charge in [-0.2, -0.15) is 0 Å². The molecule has 0 amide bonds. The Morgan fingerprint density at radius 2 is 1.58 bits per heavy atom. The van der Waals surface area contributed by atoms with Crippen molar-refractivity contribution >= 4 is 0 Å². The average molecular weight is 268 g/mol. The van der Waals surface area contributed by atoms with Gasteiger partial charge in [-0.3, -0.25) is 0 Å². The summed E-state index contributed by atoms with van der Waals surface area (Å²) in [5, 5.41) is 21.2. The van der Waals surface area contributed by atoms with Crippen molar-refractivity contribution in [3.8, 4) is 0 Å². The van der Waals surface area contributed by atoms with Crippen molar-refractivity contribution in [3.63, 3.8) is 0 Å². The van der Waals surface area contributed by atoms with Crippen LogP contribution in [-0.2, 0) is 4.74 Å². The molecule has 0 radical (unpaired) electrons. The van der Waals surface area contributed by atoms with E-state index in [4.69, 9.17) is 4.74 Å². The van der Waals surface area contributed by atoms with Crippen molar-refractivity contribution in [3.05, 3.63) is 0 Å². The molecule has 3 rings (SSSR count). The minimum absolute atomic E-state index is 0.0249. The van der Waals surface area contributed by atoms with Crippen molar-refractivity contribution in [1.82, 2.24) is 0 Å². The fourth-order valence-corrected chi connectivity index (χ4v) is 4.60. The van der Waals surface area contributed by atoms with Gasteiger partial charge in [0.15, 0.2) is 0 Å². The summed E-state index contributed by atoms with van der Waals surface area (Å²) < 4.78 is 6.09. The molecule has 2 N–H and O–H groups in total. The van der Waals surface area contributed by atoms with E-state index < -0.39 is 11.7 Å². The highest BCUT2D eigenvalue weighted by atomic mass is 16.5. The molecule has 2 unspecified atom stereocenters. The first-order valence-corrected chi connectivity index (χ1v) is 8.18. The van der Waals surface area contributed by atoms with Gasteiger partial charge in [-0.1, -0.05) is 32.1 Å². The second-order valence-electron chi connectivity index (χ2n) is 7.10. The maximum absolute atomic E-state index is 10.6. The number of ether oxygens (including phenoxy) is 1. The minimum atomic E-state index is -0.808. The van der Waals surface area contributed by atoms with Crippen molar-refractivity contribution < 1.29 is 14.9 Å². The highest BCUT2D eigenvalue weighted by molar-refractivity contribution is 4.99. The van der Waals surface area contributed by atoms with E-state index in [1.807, 2.05) is 0 Å². The van der Waals surface area contributed by atoms with Gasteiger partial charge in [0.1, 0.15) is 0 Å². The van der Waals surface area contributed by atoms with E-state index in [2.05, 4.69) is 0 Å². The molecule has 1 heterocycles. The first kappa shape index (κ1) is 13.8. The standard InChI is InChI=1S/C16H28O3/c17-14(16(18)9-4-5-10-16)13-6-11-19-15(12-13)7-2-1-3-8-15/h13-14,17-18H,1-12H2. The zero-order valence-corrected chi connectivity index (χ0v) is 11.9. The molecule has 0 aromatic heterocycles. The van der Waals surface area contributed by atoms with Crippen LogP contribution in [0.5, 0.6) is 0 Å². The lowest BCUT2D eigenvalue weighted by Crippen LogP contribution is -2.51. The molecule has 1 saturated heterocycles. The number of hydrogen-bond donors (Lipinski definition) is 2. The fourth-order valence-electron chi connectivity index (χ4n) is 4.60. The maximum Gasteiger partial charge on any atom is 0.0908 e. The van der Waals surface area contributed by atoms with E-state index in [-0.39, 0.29) is 11.5 Å². The second kappa shape index (κ2) is 5.34. The molecule has 3 nitrogen and oxygen atoms in total. The molecular formula is C16H28O3. The molecule has 2 saturated carbocycles. The third kappa shape index (κ3) is 2.70. The Hall–Kier alpha value is -0.120. The zero-order valence-electron chi connectivity index (χ0n) is 11.9. The molecule has 19 heavy (non-hydrogen) atoms. The molecule has 3 aliphatic rings.